The maximum absolute atomic E-state index is 3.98. The van der Waals surface area contributed by atoms with Gasteiger partial charge in [-0.2, -0.15) is 5.10 Å². The van der Waals surface area contributed by atoms with Crippen LogP contribution in [0.5, 0.6) is 0 Å². The fraction of sp³-hybridized carbons (Fsp3) is 0.438. The number of hydrogen-bond donors (Lipinski definition) is 2. The van der Waals surface area contributed by atoms with Crippen molar-refractivity contribution in [2.75, 3.05) is 5.32 Å². The number of aromatic nitrogens is 2. The number of benzene rings is 1. The van der Waals surface area contributed by atoms with Crippen molar-refractivity contribution in [3.8, 4) is 11.3 Å². The number of aromatic amines is 1. The molecular weight excluding hydrogens is 234 g/mol. The highest BCUT2D eigenvalue weighted by molar-refractivity contribution is 5.62. The monoisotopic (exact) mass is 255 g/mol. The summed E-state index contributed by atoms with van der Waals surface area (Å²) in [6.07, 6.45) is 4.39. The summed E-state index contributed by atoms with van der Waals surface area (Å²) in [5.41, 5.74) is 3.46. The molecule has 1 fully saturated rings. The van der Waals surface area contributed by atoms with E-state index in [1.807, 2.05) is 6.07 Å². The van der Waals surface area contributed by atoms with Gasteiger partial charge in [0.15, 0.2) is 0 Å². The lowest BCUT2D eigenvalue weighted by molar-refractivity contribution is 0.212. The molecule has 1 saturated carbocycles. The van der Waals surface area contributed by atoms with E-state index < -0.39 is 0 Å². The molecule has 0 unspecified atom stereocenters. The van der Waals surface area contributed by atoms with Gasteiger partial charge in [-0.25, -0.2) is 0 Å². The molecule has 2 N–H and O–H groups in total. The largest absolute Gasteiger partial charge is 0.382 e. The van der Waals surface area contributed by atoms with E-state index in [-0.39, 0.29) is 0 Å². The molecule has 0 aliphatic heterocycles. The van der Waals surface area contributed by atoms with E-state index in [0.717, 1.165) is 17.5 Å². The summed E-state index contributed by atoms with van der Waals surface area (Å²) in [5.74, 6) is 1.72. The van der Waals surface area contributed by atoms with Crippen LogP contribution in [0.25, 0.3) is 11.3 Å². The Labute approximate surface area is 114 Å². The van der Waals surface area contributed by atoms with Crippen LogP contribution in [0.15, 0.2) is 36.5 Å². The van der Waals surface area contributed by atoms with E-state index in [1.54, 1.807) is 6.20 Å². The van der Waals surface area contributed by atoms with Gasteiger partial charge < -0.3 is 5.32 Å². The zero-order valence-electron chi connectivity index (χ0n) is 11.6. The van der Waals surface area contributed by atoms with Crippen molar-refractivity contribution in [2.24, 2.45) is 11.8 Å². The van der Waals surface area contributed by atoms with Crippen molar-refractivity contribution in [3.05, 3.63) is 36.5 Å². The van der Waals surface area contributed by atoms with E-state index in [2.05, 4.69) is 53.6 Å². The second kappa shape index (κ2) is 5.08. The van der Waals surface area contributed by atoms with Gasteiger partial charge in [-0.3, -0.25) is 5.10 Å². The number of H-pyrrole nitrogens is 1. The fourth-order valence-corrected chi connectivity index (χ4v) is 2.72. The molecule has 1 aromatic carbocycles. The van der Waals surface area contributed by atoms with E-state index in [4.69, 9.17) is 0 Å². The molecule has 1 aromatic heterocycles. The van der Waals surface area contributed by atoms with Crippen molar-refractivity contribution in [1.29, 1.82) is 0 Å². The van der Waals surface area contributed by atoms with Gasteiger partial charge in [-0.15, -0.1) is 0 Å². The lowest BCUT2D eigenvalue weighted by Gasteiger charge is -2.39. The predicted molar refractivity (Wildman–Crippen MR) is 79.0 cm³/mol. The third-order valence-electron chi connectivity index (χ3n) is 4.18. The molecule has 3 heteroatoms. The van der Waals surface area contributed by atoms with E-state index in [1.165, 1.54) is 24.1 Å². The molecule has 1 aliphatic rings. The molecular formula is C16H21N3. The molecule has 19 heavy (non-hydrogen) atoms. The molecule has 3 nitrogen and oxygen atoms in total. The average Bonchev–Trinajstić information content (AvgIpc) is 2.87. The Hall–Kier alpha value is -1.77. The number of nitrogens with one attached hydrogen (secondary N) is 2. The maximum Gasteiger partial charge on any atom is 0.0650 e. The van der Waals surface area contributed by atoms with Crippen LogP contribution in [0.2, 0.25) is 0 Å². The van der Waals surface area contributed by atoms with E-state index in [9.17, 15) is 0 Å². The minimum absolute atomic E-state index is 0.658. The van der Waals surface area contributed by atoms with Crippen molar-refractivity contribution in [1.82, 2.24) is 10.2 Å². The Morgan fingerprint density at radius 2 is 1.89 bits per heavy atom. The van der Waals surface area contributed by atoms with Crippen molar-refractivity contribution >= 4 is 5.69 Å². The molecule has 0 radical (unpaired) electrons. The van der Waals surface area contributed by atoms with Crippen molar-refractivity contribution in [3.63, 3.8) is 0 Å². The van der Waals surface area contributed by atoms with Crippen LogP contribution in [-0.4, -0.2) is 16.2 Å². The summed E-state index contributed by atoms with van der Waals surface area (Å²) in [7, 11) is 0. The molecule has 0 atom stereocenters. The highest BCUT2D eigenvalue weighted by atomic mass is 15.1. The number of anilines is 1. The molecule has 2 aromatic rings. The Morgan fingerprint density at radius 3 is 2.47 bits per heavy atom. The third kappa shape index (κ3) is 2.65. The van der Waals surface area contributed by atoms with Gasteiger partial charge >= 0.3 is 0 Å². The van der Waals surface area contributed by atoms with Crippen LogP contribution < -0.4 is 5.32 Å². The SMILES string of the molecule is CC(C)C1CC(Nc2ccc(-c3ccn[nH]3)cc2)C1. The second-order valence-electron chi connectivity index (χ2n) is 5.86. The second-order valence-corrected chi connectivity index (χ2v) is 5.86. The Kier molecular flexibility index (Phi) is 3.28. The topological polar surface area (TPSA) is 40.7 Å². The maximum atomic E-state index is 3.98. The lowest BCUT2D eigenvalue weighted by atomic mass is 9.73. The van der Waals surface area contributed by atoms with Gasteiger partial charge in [0.1, 0.15) is 0 Å². The first-order valence-electron chi connectivity index (χ1n) is 7.08. The molecule has 1 aliphatic carbocycles. The van der Waals surface area contributed by atoms with Gasteiger partial charge in [0.25, 0.3) is 0 Å². The summed E-state index contributed by atoms with van der Waals surface area (Å²) in [5, 5.41) is 10.6. The summed E-state index contributed by atoms with van der Waals surface area (Å²) in [4.78, 5) is 0. The Bertz CT molecular complexity index is 507. The molecule has 0 spiro atoms. The first-order chi connectivity index (χ1) is 9.22. The zero-order valence-corrected chi connectivity index (χ0v) is 11.6. The molecule has 1 heterocycles. The van der Waals surface area contributed by atoms with Crippen LogP contribution in [0.3, 0.4) is 0 Å². The average molecular weight is 255 g/mol. The minimum atomic E-state index is 0.658. The molecule has 3 rings (SSSR count). The van der Waals surface area contributed by atoms with Crippen LogP contribution in [0.4, 0.5) is 5.69 Å². The molecule has 100 valence electrons. The van der Waals surface area contributed by atoms with Crippen molar-refractivity contribution in [2.45, 2.75) is 32.7 Å². The standard InChI is InChI=1S/C16H21N3/c1-11(2)13-9-15(10-13)18-14-5-3-12(4-6-14)16-7-8-17-19-16/h3-8,11,13,15,18H,9-10H2,1-2H3,(H,17,19). The zero-order chi connectivity index (χ0) is 13.2. The quantitative estimate of drug-likeness (QED) is 0.869. The third-order valence-corrected chi connectivity index (χ3v) is 4.18. The van der Waals surface area contributed by atoms with Gasteiger partial charge in [-0.1, -0.05) is 26.0 Å². The van der Waals surface area contributed by atoms with Crippen molar-refractivity contribution < 1.29 is 0 Å². The lowest BCUT2D eigenvalue weighted by Crippen LogP contribution is -2.37. The summed E-state index contributed by atoms with van der Waals surface area (Å²) >= 11 is 0. The van der Waals surface area contributed by atoms with Crippen LogP contribution >= 0.6 is 0 Å². The van der Waals surface area contributed by atoms with Gasteiger partial charge in [0.05, 0.1) is 5.69 Å². The van der Waals surface area contributed by atoms with Gasteiger partial charge in [0.2, 0.25) is 0 Å². The number of rotatable bonds is 4. The van der Waals surface area contributed by atoms with Crippen LogP contribution in [0.1, 0.15) is 26.7 Å². The van der Waals surface area contributed by atoms with Crippen LogP contribution in [0, 0.1) is 11.8 Å². The van der Waals surface area contributed by atoms with E-state index >= 15 is 0 Å². The molecule has 0 bridgehead atoms. The van der Waals surface area contributed by atoms with E-state index in [0.29, 0.717) is 6.04 Å². The highest BCUT2D eigenvalue weighted by Crippen LogP contribution is 2.35. The number of nitrogens with zero attached hydrogens (tertiary/aromatic N) is 1. The first kappa shape index (κ1) is 12.3. The summed E-state index contributed by atoms with van der Waals surface area (Å²) in [6, 6.07) is 11.2. The summed E-state index contributed by atoms with van der Waals surface area (Å²) < 4.78 is 0. The minimum Gasteiger partial charge on any atom is -0.382 e. The van der Waals surface area contributed by atoms with Crippen LogP contribution in [-0.2, 0) is 0 Å². The fourth-order valence-electron chi connectivity index (χ4n) is 2.72. The first-order valence-corrected chi connectivity index (χ1v) is 7.08. The Morgan fingerprint density at radius 1 is 1.16 bits per heavy atom. The Balaban J connectivity index is 1.59. The predicted octanol–water partition coefficient (Wildman–Crippen LogP) is 3.92. The van der Waals surface area contributed by atoms with Gasteiger partial charge in [-0.05, 0) is 48.4 Å². The van der Waals surface area contributed by atoms with Gasteiger partial charge in [0, 0.05) is 17.9 Å². The number of hydrogen-bond acceptors (Lipinski definition) is 2. The summed E-state index contributed by atoms with van der Waals surface area (Å²) in [6.45, 7) is 4.64. The normalized spacial score (nSPS) is 22.3. The smallest absolute Gasteiger partial charge is 0.0650 e. The molecule has 0 amide bonds. The molecule has 0 saturated heterocycles. The highest BCUT2D eigenvalue weighted by Gasteiger charge is 2.30.